The van der Waals surface area contributed by atoms with Crippen LogP contribution in [0.3, 0.4) is 0 Å². The lowest BCUT2D eigenvalue weighted by Gasteiger charge is -2.19. The maximum Gasteiger partial charge on any atom is 0.276 e. The van der Waals surface area contributed by atoms with Crippen molar-refractivity contribution < 1.29 is 26.4 Å². The van der Waals surface area contributed by atoms with Crippen LogP contribution < -0.4 is 10.6 Å². The van der Waals surface area contributed by atoms with Crippen LogP contribution in [0.4, 0.5) is 5.00 Å². The highest BCUT2D eigenvalue weighted by atomic mass is 35.5. The Morgan fingerprint density at radius 3 is 2.66 bits per heavy atom. The van der Waals surface area contributed by atoms with E-state index >= 15 is 0 Å². The number of carbonyl (C=O) groups is 2. The van der Waals surface area contributed by atoms with Crippen LogP contribution in [0.25, 0.3) is 0 Å². The summed E-state index contributed by atoms with van der Waals surface area (Å²) >= 11 is 7.38. The lowest BCUT2D eigenvalue weighted by Crippen LogP contribution is -2.36. The molecule has 0 bridgehead atoms. The average Bonchev–Trinajstić information content (AvgIpc) is 3.31. The maximum absolute atomic E-state index is 13.3. The number of carbonyl (C=O) groups excluding carboxylic acids is 2. The number of nitrogens with zero attached hydrogens (tertiary/aromatic N) is 2. The number of nitrogens with one attached hydrogen (secondary N) is 2. The van der Waals surface area contributed by atoms with Crippen LogP contribution in [0, 0.1) is 5.92 Å². The number of halogens is 1. The molecule has 0 aromatic carbocycles. The van der Waals surface area contributed by atoms with E-state index in [1.165, 1.54) is 18.3 Å². The zero-order valence-corrected chi connectivity index (χ0v) is 22.3. The summed E-state index contributed by atoms with van der Waals surface area (Å²) in [5.74, 6) is -1.14. The van der Waals surface area contributed by atoms with Crippen LogP contribution >= 0.6 is 22.9 Å². The minimum Gasteiger partial charge on any atom is -0.348 e. The summed E-state index contributed by atoms with van der Waals surface area (Å²) in [5, 5.41) is 5.15. The van der Waals surface area contributed by atoms with Crippen LogP contribution in [0.5, 0.6) is 0 Å². The predicted molar refractivity (Wildman–Crippen MR) is 133 cm³/mol. The Morgan fingerprint density at radius 2 is 2.00 bits per heavy atom. The molecule has 35 heavy (non-hydrogen) atoms. The molecule has 190 valence electrons. The van der Waals surface area contributed by atoms with Crippen molar-refractivity contribution in [2.75, 3.05) is 22.6 Å². The minimum absolute atomic E-state index is 0.0238. The molecule has 2 aliphatic rings. The molecule has 2 aromatic rings. The zero-order valence-electron chi connectivity index (χ0n) is 19.1. The molecule has 1 aliphatic heterocycles. The van der Waals surface area contributed by atoms with E-state index < -0.39 is 42.7 Å². The first-order valence-electron chi connectivity index (χ1n) is 11.1. The number of amides is 2. The van der Waals surface area contributed by atoms with Crippen molar-refractivity contribution in [1.29, 1.82) is 0 Å². The SMILES string of the molecule is CCS(=O)(=O)c1ncc(Cl)c(C(=O)Nc2sc3c(c2C(=O)NC2CCS(=O)(=O)C2)CCC(C)C3)n1. The van der Waals surface area contributed by atoms with E-state index in [1.807, 2.05) is 0 Å². The number of sulfone groups is 2. The van der Waals surface area contributed by atoms with Crippen LogP contribution in [0.15, 0.2) is 11.4 Å². The number of rotatable bonds is 6. The predicted octanol–water partition coefficient (Wildman–Crippen LogP) is 2.28. The van der Waals surface area contributed by atoms with E-state index in [0.29, 0.717) is 29.3 Å². The first-order valence-corrected chi connectivity index (χ1v) is 15.8. The zero-order chi connectivity index (χ0) is 25.5. The number of hydrogen-bond donors (Lipinski definition) is 2. The lowest BCUT2D eigenvalue weighted by molar-refractivity contribution is 0.0941. The van der Waals surface area contributed by atoms with Gasteiger partial charge in [0.15, 0.2) is 15.5 Å². The third-order valence-electron chi connectivity index (χ3n) is 6.13. The first-order chi connectivity index (χ1) is 16.4. The fourth-order valence-corrected chi connectivity index (χ4v) is 8.15. The molecule has 2 N–H and O–H groups in total. The van der Waals surface area contributed by atoms with Crippen LogP contribution in [-0.4, -0.2) is 61.9 Å². The van der Waals surface area contributed by atoms with Gasteiger partial charge in [0.25, 0.3) is 11.8 Å². The first kappa shape index (κ1) is 26.0. The van der Waals surface area contributed by atoms with Crippen molar-refractivity contribution in [3.05, 3.63) is 32.9 Å². The second kappa shape index (κ2) is 9.75. The highest BCUT2D eigenvalue weighted by molar-refractivity contribution is 7.91. The van der Waals surface area contributed by atoms with Crippen LogP contribution in [0.2, 0.25) is 5.02 Å². The average molecular weight is 561 g/mol. The number of anilines is 1. The number of thiophene rings is 1. The summed E-state index contributed by atoms with van der Waals surface area (Å²) < 4.78 is 48.0. The van der Waals surface area contributed by atoms with Gasteiger partial charge in [-0.15, -0.1) is 11.3 Å². The Balaban J connectivity index is 1.67. The van der Waals surface area contributed by atoms with E-state index in [-0.39, 0.29) is 28.0 Å². The van der Waals surface area contributed by atoms with E-state index in [0.717, 1.165) is 29.5 Å². The van der Waals surface area contributed by atoms with E-state index in [4.69, 9.17) is 11.6 Å². The van der Waals surface area contributed by atoms with Gasteiger partial charge in [-0.2, -0.15) is 0 Å². The van der Waals surface area contributed by atoms with E-state index in [9.17, 15) is 26.4 Å². The van der Waals surface area contributed by atoms with Gasteiger partial charge in [0.2, 0.25) is 15.0 Å². The van der Waals surface area contributed by atoms with Gasteiger partial charge in [0.05, 0.1) is 34.0 Å². The maximum atomic E-state index is 13.3. The van der Waals surface area contributed by atoms with Crippen molar-refractivity contribution in [3.8, 4) is 0 Å². The Kier molecular flexibility index (Phi) is 7.24. The lowest BCUT2D eigenvalue weighted by atomic mass is 9.88. The fourth-order valence-electron chi connectivity index (χ4n) is 4.20. The molecule has 10 nitrogen and oxygen atoms in total. The third-order valence-corrected chi connectivity index (χ3v) is 10.9. The molecule has 1 saturated heterocycles. The van der Waals surface area contributed by atoms with Crippen LogP contribution in [-0.2, 0) is 32.5 Å². The molecule has 1 aliphatic carbocycles. The topological polar surface area (TPSA) is 152 Å². The Bertz CT molecular complexity index is 1400. The quantitative estimate of drug-likeness (QED) is 0.510. The number of aromatic nitrogens is 2. The monoisotopic (exact) mass is 560 g/mol. The molecule has 4 rings (SSSR count). The smallest absolute Gasteiger partial charge is 0.276 e. The van der Waals surface area contributed by atoms with Gasteiger partial charge in [-0.05, 0) is 37.2 Å². The summed E-state index contributed by atoms with van der Waals surface area (Å²) in [6.07, 6.45) is 3.68. The molecule has 2 unspecified atom stereocenters. The molecule has 0 saturated carbocycles. The normalized spacial score (nSPS) is 21.3. The second-order valence-electron chi connectivity index (χ2n) is 8.84. The second-order valence-corrected chi connectivity index (χ2v) is 14.7. The van der Waals surface area contributed by atoms with E-state index in [1.54, 1.807) is 0 Å². The Hall–Kier alpha value is -2.09. The summed E-state index contributed by atoms with van der Waals surface area (Å²) in [6.45, 7) is 3.55. The summed E-state index contributed by atoms with van der Waals surface area (Å²) in [6, 6.07) is -0.493. The molecule has 0 spiro atoms. The highest BCUT2D eigenvalue weighted by Gasteiger charge is 2.33. The van der Waals surface area contributed by atoms with Crippen LogP contribution in [0.1, 0.15) is 58.0 Å². The number of hydrogen-bond acceptors (Lipinski definition) is 9. The summed E-state index contributed by atoms with van der Waals surface area (Å²) in [7, 11) is -6.95. The van der Waals surface area contributed by atoms with Gasteiger partial charge >= 0.3 is 0 Å². The summed E-state index contributed by atoms with van der Waals surface area (Å²) in [5.41, 5.74) is 0.826. The van der Waals surface area contributed by atoms with Gasteiger partial charge < -0.3 is 10.6 Å². The molecular weight excluding hydrogens is 536 g/mol. The largest absolute Gasteiger partial charge is 0.348 e. The van der Waals surface area contributed by atoms with Crippen molar-refractivity contribution in [2.24, 2.45) is 5.92 Å². The van der Waals surface area contributed by atoms with Gasteiger partial charge in [-0.1, -0.05) is 25.4 Å². The molecule has 14 heteroatoms. The van der Waals surface area contributed by atoms with Crippen molar-refractivity contribution in [3.63, 3.8) is 0 Å². The molecule has 0 radical (unpaired) electrons. The van der Waals surface area contributed by atoms with Gasteiger partial charge in [0.1, 0.15) is 5.00 Å². The molecule has 2 aromatic heterocycles. The van der Waals surface area contributed by atoms with Gasteiger partial charge in [0, 0.05) is 10.9 Å². The van der Waals surface area contributed by atoms with E-state index in [2.05, 4.69) is 27.5 Å². The standard InChI is InChI=1S/C21H25ClN4O6S3/c1-3-35(31,32)21-23-9-14(22)17(25-21)19(28)26-20-16(13-5-4-11(2)8-15(13)33-20)18(27)24-12-6-7-34(29,30)10-12/h9,11-12H,3-8,10H2,1-2H3,(H,24,27)(H,26,28). The fraction of sp³-hybridized carbons (Fsp3) is 0.524. The molecule has 2 atom stereocenters. The Morgan fingerprint density at radius 1 is 1.26 bits per heavy atom. The summed E-state index contributed by atoms with van der Waals surface area (Å²) in [4.78, 5) is 35.0. The molecule has 3 heterocycles. The van der Waals surface area contributed by atoms with Gasteiger partial charge in [-0.3, -0.25) is 9.59 Å². The minimum atomic E-state index is -3.77. The van der Waals surface area contributed by atoms with Crippen molar-refractivity contribution in [1.82, 2.24) is 15.3 Å². The highest BCUT2D eigenvalue weighted by Crippen LogP contribution is 2.40. The third kappa shape index (κ3) is 5.52. The Labute approximate surface area is 212 Å². The molecule has 2 amide bonds. The van der Waals surface area contributed by atoms with Crippen molar-refractivity contribution in [2.45, 2.75) is 50.7 Å². The van der Waals surface area contributed by atoms with Gasteiger partial charge in [-0.25, -0.2) is 26.8 Å². The molecule has 1 fully saturated rings. The number of fused-ring (bicyclic) bond motifs is 1. The molecular formula is C21H25ClN4O6S3. The van der Waals surface area contributed by atoms with Crippen molar-refractivity contribution >= 4 is 59.4 Å².